The molecule has 92 valence electrons. The maximum Gasteiger partial charge on any atom is 0.143 e. The highest BCUT2D eigenvalue weighted by Crippen LogP contribution is 2.34. The van der Waals surface area contributed by atoms with Crippen molar-refractivity contribution in [3.8, 4) is 0 Å². The van der Waals surface area contributed by atoms with Gasteiger partial charge in [0.15, 0.2) is 0 Å². The van der Waals surface area contributed by atoms with E-state index in [1.54, 1.807) is 6.07 Å². The van der Waals surface area contributed by atoms with Crippen LogP contribution in [0.4, 0.5) is 10.1 Å². The minimum absolute atomic E-state index is 0.160. The van der Waals surface area contributed by atoms with Gasteiger partial charge in [-0.2, -0.15) is 0 Å². The third kappa shape index (κ3) is 2.08. The van der Waals surface area contributed by atoms with E-state index in [0.29, 0.717) is 0 Å². The van der Waals surface area contributed by atoms with E-state index in [0.717, 1.165) is 18.5 Å². The van der Waals surface area contributed by atoms with Crippen LogP contribution < -0.4 is 5.32 Å². The molecule has 0 bridgehead atoms. The maximum absolute atomic E-state index is 13.4. The van der Waals surface area contributed by atoms with E-state index >= 15 is 0 Å². The Morgan fingerprint density at radius 2 is 2.00 bits per heavy atom. The van der Waals surface area contributed by atoms with Crippen molar-refractivity contribution in [2.24, 2.45) is 0 Å². The van der Waals surface area contributed by atoms with Crippen LogP contribution in [0.5, 0.6) is 0 Å². The van der Waals surface area contributed by atoms with E-state index in [1.807, 2.05) is 12.1 Å². The minimum atomic E-state index is -0.382. The number of rotatable bonds is 2. The fourth-order valence-corrected chi connectivity index (χ4v) is 2.61. The molecule has 1 aliphatic rings. The van der Waals surface area contributed by atoms with Gasteiger partial charge in [-0.25, -0.2) is 4.39 Å². The molecule has 18 heavy (non-hydrogen) atoms. The fraction of sp³-hybridized carbons (Fsp3) is 0.200. The summed E-state index contributed by atoms with van der Waals surface area (Å²) in [6, 6.07) is 13.5. The molecule has 3 rings (SSSR count). The largest absolute Gasteiger partial charge is 0.378 e. The first-order valence-corrected chi connectivity index (χ1v) is 6.41. The maximum atomic E-state index is 13.4. The zero-order valence-corrected chi connectivity index (χ0v) is 10.5. The molecular weight excluding hydrogens is 249 g/mol. The van der Waals surface area contributed by atoms with Gasteiger partial charge in [0.1, 0.15) is 5.82 Å². The van der Waals surface area contributed by atoms with E-state index in [2.05, 4.69) is 23.5 Å². The van der Waals surface area contributed by atoms with Gasteiger partial charge >= 0.3 is 0 Å². The van der Waals surface area contributed by atoms with E-state index < -0.39 is 0 Å². The van der Waals surface area contributed by atoms with Crippen LogP contribution in [0.15, 0.2) is 42.5 Å². The smallest absolute Gasteiger partial charge is 0.143 e. The first kappa shape index (κ1) is 11.5. The molecule has 0 heterocycles. The highest BCUT2D eigenvalue weighted by molar-refractivity contribution is 6.30. The molecule has 0 radical (unpaired) electrons. The van der Waals surface area contributed by atoms with Crippen molar-refractivity contribution in [1.29, 1.82) is 0 Å². The molecule has 1 atom stereocenters. The van der Waals surface area contributed by atoms with Crippen LogP contribution in [0, 0.1) is 5.82 Å². The summed E-state index contributed by atoms with van der Waals surface area (Å²) in [6.07, 6.45) is 2.12. The Labute approximate surface area is 111 Å². The Balaban J connectivity index is 1.84. The Morgan fingerprint density at radius 3 is 2.83 bits per heavy atom. The normalized spacial score (nSPS) is 17.6. The van der Waals surface area contributed by atoms with Gasteiger partial charge in [-0.3, -0.25) is 0 Å². The molecule has 0 saturated heterocycles. The van der Waals surface area contributed by atoms with Crippen molar-refractivity contribution >= 4 is 17.3 Å². The Morgan fingerprint density at radius 1 is 1.17 bits per heavy atom. The number of hydrogen-bond acceptors (Lipinski definition) is 1. The molecule has 3 heteroatoms. The van der Waals surface area contributed by atoms with Crippen molar-refractivity contribution in [1.82, 2.24) is 0 Å². The van der Waals surface area contributed by atoms with Gasteiger partial charge in [0.2, 0.25) is 0 Å². The molecule has 1 unspecified atom stereocenters. The Hall–Kier alpha value is -1.54. The highest BCUT2D eigenvalue weighted by atomic mass is 35.5. The Bertz CT molecular complexity index is 582. The van der Waals surface area contributed by atoms with Gasteiger partial charge in [0, 0.05) is 5.69 Å². The van der Waals surface area contributed by atoms with Crippen molar-refractivity contribution in [3.05, 3.63) is 64.4 Å². The minimum Gasteiger partial charge on any atom is -0.378 e. The van der Waals surface area contributed by atoms with Gasteiger partial charge < -0.3 is 5.32 Å². The zero-order chi connectivity index (χ0) is 12.5. The number of anilines is 1. The predicted molar refractivity (Wildman–Crippen MR) is 72.5 cm³/mol. The molecular formula is C15H13ClFN. The summed E-state index contributed by atoms with van der Waals surface area (Å²) in [5.41, 5.74) is 3.47. The topological polar surface area (TPSA) is 12.0 Å². The van der Waals surface area contributed by atoms with Crippen LogP contribution in [-0.2, 0) is 6.42 Å². The third-order valence-corrected chi connectivity index (χ3v) is 3.70. The lowest BCUT2D eigenvalue weighted by Crippen LogP contribution is -2.07. The fourth-order valence-electron chi connectivity index (χ4n) is 2.49. The molecule has 0 aliphatic heterocycles. The van der Waals surface area contributed by atoms with E-state index in [-0.39, 0.29) is 16.9 Å². The second-order valence-electron chi connectivity index (χ2n) is 4.56. The van der Waals surface area contributed by atoms with Crippen molar-refractivity contribution < 1.29 is 4.39 Å². The summed E-state index contributed by atoms with van der Waals surface area (Å²) in [4.78, 5) is 0. The lowest BCUT2D eigenvalue weighted by atomic mass is 10.1. The molecule has 0 fully saturated rings. The molecule has 0 aromatic heterocycles. The number of hydrogen-bond donors (Lipinski definition) is 1. The lowest BCUT2D eigenvalue weighted by molar-refractivity contribution is 0.628. The molecule has 1 nitrogen and oxygen atoms in total. The van der Waals surface area contributed by atoms with Gasteiger partial charge in [0.25, 0.3) is 0 Å². The summed E-state index contributed by atoms with van der Waals surface area (Å²) in [5.74, 6) is -0.382. The first-order chi connectivity index (χ1) is 8.74. The van der Waals surface area contributed by atoms with Crippen LogP contribution in [0.2, 0.25) is 5.02 Å². The monoisotopic (exact) mass is 261 g/mol. The van der Waals surface area contributed by atoms with Gasteiger partial charge in [-0.1, -0.05) is 35.9 Å². The van der Waals surface area contributed by atoms with E-state index in [1.165, 1.54) is 17.2 Å². The van der Waals surface area contributed by atoms with Gasteiger partial charge in [0.05, 0.1) is 11.1 Å². The molecule has 1 N–H and O–H groups in total. The quantitative estimate of drug-likeness (QED) is 0.834. The molecule has 1 aliphatic carbocycles. The average Bonchev–Trinajstić information content (AvgIpc) is 2.78. The van der Waals surface area contributed by atoms with Crippen LogP contribution in [0.1, 0.15) is 23.6 Å². The van der Waals surface area contributed by atoms with Crippen molar-refractivity contribution in [2.75, 3.05) is 5.32 Å². The summed E-state index contributed by atoms with van der Waals surface area (Å²) in [6.45, 7) is 0. The lowest BCUT2D eigenvalue weighted by Gasteiger charge is -2.15. The highest BCUT2D eigenvalue weighted by Gasteiger charge is 2.21. The molecule has 0 saturated carbocycles. The predicted octanol–water partition coefficient (Wildman–Crippen LogP) is 4.58. The van der Waals surface area contributed by atoms with Crippen LogP contribution in [0.3, 0.4) is 0 Å². The summed E-state index contributed by atoms with van der Waals surface area (Å²) in [7, 11) is 0. The van der Waals surface area contributed by atoms with Crippen molar-refractivity contribution in [2.45, 2.75) is 18.9 Å². The van der Waals surface area contributed by atoms with Crippen LogP contribution in [0.25, 0.3) is 0 Å². The molecule has 0 spiro atoms. The molecule has 0 amide bonds. The van der Waals surface area contributed by atoms with Gasteiger partial charge in [-0.05, 0) is 42.2 Å². The van der Waals surface area contributed by atoms with E-state index in [4.69, 9.17) is 11.6 Å². The molecule has 2 aromatic rings. The SMILES string of the molecule is Fc1cc(NC2CCc3ccccc32)ccc1Cl. The van der Waals surface area contributed by atoms with Crippen LogP contribution in [-0.4, -0.2) is 0 Å². The van der Waals surface area contributed by atoms with Gasteiger partial charge in [-0.15, -0.1) is 0 Å². The average molecular weight is 262 g/mol. The zero-order valence-electron chi connectivity index (χ0n) is 9.79. The summed E-state index contributed by atoms with van der Waals surface area (Å²) in [5, 5.41) is 3.53. The standard InChI is InChI=1S/C15H13ClFN/c16-13-7-6-11(9-14(13)17)18-15-8-5-10-3-1-2-4-12(10)15/h1-4,6-7,9,15,18H,5,8H2. The first-order valence-electron chi connectivity index (χ1n) is 6.03. The summed E-state index contributed by atoms with van der Waals surface area (Å²) < 4.78 is 13.4. The van der Waals surface area contributed by atoms with Crippen molar-refractivity contribution in [3.63, 3.8) is 0 Å². The number of nitrogens with one attached hydrogen (secondary N) is 1. The summed E-state index contributed by atoms with van der Waals surface area (Å²) >= 11 is 5.68. The second kappa shape index (κ2) is 4.62. The second-order valence-corrected chi connectivity index (χ2v) is 4.97. The Kier molecular flexibility index (Phi) is 2.96. The number of halogens is 2. The van der Waals surface area contributed by atoms with Crippen LogP contribution >= 0.6 is 11.6 Å². The molecule has 2 aromatic carbocycles. The number of fused-ring (bicyclic) bond motifs is 1. The number of aryl methyl sites for hydroxylation is 1. The number of benzene rings is 2. The third-order valence-electron chi connectivity index (χ3n) is 3.39. The van der Waals surface area contributed by atoms with E-state index in [9.17, 15) is 4.39 Å².